The number of carbonyl (C=O) groups excluding carboxylic acids is 1. The van der Waals surface area contributed by atoms with Crippen LogP contribution in [0.3, 0.4) is 0 Å². The first-order valence-corrected chi connectivity index (χ1v) is 7.17. The fraction of sp³-hybridized carbons (Fsp3) is 0.438. The topological polar surface area (TPSA) is 49.8 Å². The smallest absolute Gasteiger partial charge is 0.410 e. The third-order valence-corrected chi connectivity index (χ3v) is 4.71. The maximum absolute atomic E-state index is 11.8. The summed E-state index contributed by atoms with van der Waals surface area (Å²) in [6.07, 6.45) is 2.74. The summed E-state index contributed by atoms with van der Waals surface area (Å²) in [4.78, 5) is 13.6. The molecule has 1 N–H and O–H groups in total. The molecule has 1 aromatic rings. The van der Waals surface area contributed by atoms with Gasteiger partial charge in [0.2, 0.25) is 0 Å². The standard InChI is InChI=1S/C16H17NO3/c18-14-12(9-10-5-2-1-3-6-10)11-7-4-8-17-13(11)15(14)20-16(17)19/h1-3,5-6,9,11,13-15,18H,4,7-8H2/b12-9-/t11-,13-,14-,15-/m0/s1. The molecule has 3 aliphatic rings. The van der Waals surface area contributed by atoms with Gasteiger partial charge in [-0.05, 0) is 24.0 Å². The quantitative estimate of drug-likeness (QED) is 0.850. The number of benzene rings is 1. The number of carbonyl (C=O) groups is 1. The van der Waals surface area contributed by atoms with Crippen molar-refractivity contribution in [3.8, 4) is 0 Å². The number of aliphatic hydroxyl groups is 1. The molecular weight excluding hydrogens is 254 g/mol. The van der Waals surface area contributed by atoms with Crippen LogP contribution in [0.5, 0.6) is 0 Å². The minimum absolute atomic E-state index is 0.0289. The van der Waals surface area contributed by atoms with Crippen LogP contribution in [0.1, 0.15) is 18.4 Å². The molecule has 0 bridgehead atoms. The predicted molar refractivity (Wildman–Crippen MR) is 73.9 cm³/mol. The lowest BCUT2D eigenvalue weighted by Gasteiger charge is -2.31. The van der Waals surface area contributed by atoms with Gasteiger partial charge in [-0.15, -0.1) is 0 Å². The summed E-state index contributed by atoms with van der Waals surface area (Å²) in [5, 5.41) is 10.5. The monoisotopic (exact) mass is 271 g/mol. The number of aliphatic hydroxyl groups excluding tert-OH is 1. The molecule has 2 heterocycles. The van der Waals surface area contributed by atoms with E-state index in [9.17, 15) is 9.90 Å². The van der Waals surface area contributed by atoms with Crippen molar-refractivity contribution in [2.45, 2.75) is 31.1 Å². The highest BCUT2D eigenvalue weighted by atomic mass is 16.6. The number of ether oxygens (including phenoxy) is 1. The first-order chi connectivity index (χ1) is 9.75. The zero-order valence-electron chi connectivity index (χ0n) is 11.1. The normalized spacial score (nSPS) is 37.1. The average Bonchev–Trinajstić information content (AvgIpc) is 2.95. The van der Waals surface area contributed by atoms with E-state index in [0.717, 1.165) is 30.5 Å². The van der Waals surface area contributed by atoms with Crippen LogP contribution in [0, 0.1) is 5.92 Å². The van der Waals surface area contributed by atoms with Crippen molar-refractivity contribution >= 4 is 12.2 Å². The van der Waals surface area contributed by atoms with Crippen LogP contribution >= 0.6 is 0 Å². The van der Waals surface area contributed by atoms with Crippen LogP contribution in [0.4, 0.5) is 4.79 Å². The van der Waals surface area contributed by atoms with Gasteiger partial charge < -0.3 is 14.7 Å². The van der Waals surface area contributed by atoms with Crippen LogP contribution in [-0.4, -0.2) is 40.9 Å². The Balaban J connectivity index is 1.73. The molecule has 0 spiro atoms. The van der Waals surface area contributed by atoms with Crippen molar-refractivity contribution in [2.75, 3.05) is 6.54 Å². The van der Waals surface area contributed by atoms with E-state index in [2.05, 4.69) is 6.08 Å². The maximum Gasteiger partial charge on any atom is 0.410 e. The van der Waals surface area contributed by atoms with Gasteiger partial charge in [0.05, 0.1) is 6.04 Å². The van der Waals surface area contributed by atoms with E-state index < -0.39 is 6.10 Å². The van der Waals surface area contributed by atoms with E-state index in [1.165, 1.54) is 0 Å². The number of rotatable bonds is 1. The predicted octanol–water partition coefficient (Wildman–Crippen LogP) is 2.04. The summed E-state index contributed by atoms with van der Waals surface area (Å²) in [7, 11) is 0. The van der Waals surface area contributed by atoms with Crippen molar-refractivity contribution in [3.63, 3.8) is 0 Å². The molecule has 4 rings (SSSR count). The molecule has 4 nitrogen and oxygen atoms in total. The molecule has 0 aromatic heterocycles. The lowest BCUT2D eigenvalue weighted by molar-refractivity contribution is 0.0577. The SMILES string of the molecule is O=C1O[C@H]2[C@@H]3[C@@H](CCCN13)/C(=C/c1ccccc1)[C@@H]2O. The Morgan fingerprint density at radius 3 is 2.90 bits per heavy atom. The minimum Gasteiger partial charge on any atom is -0.441 e. The van der Waals surface area contributed by atoms with Gasteiger partial charge in [0.1, 0.15) is 6.10 Å². The van der Waals surface area contributed by atoms with Crippen molar-refractivity contribution in [3.05, 3.63) is 41.5 Å². The summed E-state index contributed by atoms with van der Waals surface area (Å²) in [5.74, 6) is 0.232. The molecule has 4 atom stereocenters. The molecule has 3 fully saturated rings. The van der Waals surface area contributed by atoms with Gasteiger partial charge in [0, 0.05) is 12.5 Å². The van der Waals surface area contributed by atoms with E-state index >= 15 is 0 Å². The first kappa shape index (κ1) is 12.0. The third-order valence-electron chi connectivity index (χ3n) is 4.71. The summed E-state index contributed by atoms with van der Waals surface area (Å²) >= 11 is 0. The second-order valence-electron chi connectivity index (χ2n) is 5.78. The van der Waals surface area contributed by atoms with Gasteiger partial charge in [-0.25, -0.2) is 4.79 Å². The highest BCUT2D eigenvalue weighted by Gasteiger charge is 2.58. The minimum atomic E-state index is -0.669. The van der Waals surface area contributed by atoms with Crippen LogP contribution in [0.2, 0.25) is 0 Å². The van der Waals surface area contributed by atoms with Crippen LogP contribution in [0.25, 0.3) is 6.08 Å². The molecule has 1 amide bonds. The van der Waals surface area contributed by atoms with E-state index in [1.807, 2.05) is 30.3 Å². The average molecular weight is 271 g/mol. The Bertz CT molecular complexity index is 568. The second-order valence-corrected chi connectivity index (χ2v) is 5.78. The Morgan fingerprint density at radius 1 is 1.30 bits per heavy atom. The molecule has 1 aromatic carbocycles. The maximum atomic E-state index is 11.8. The number of nitrogens with zero attached hydrogens (tertiary/aromatic N) is 1. The molecule has 2 aliphatic heterocycles. The number of hydrogen-bond donors (Lipinski definition) is 1. The Morgan fingerprint density at radius 2 is 2.10 bits per heavy atom. The van der Waals surface area contributed by atoms with Crippen LogP contribution in [-0.2, 0) is 4.74 Å². The zero-order valence-corrected chi connectivity index (χ0v) is 11.1. The largest absolute Gasteiger partial charge is 0.441 e. The summed E-state index contributed by atoms with van der Waals surface area (Å²) in [6, 6.07) is 10.0. The molecule has 2 saturated heterocycles. The highest BCUT2D eigenvalue weighted by Crippen LogP contribution is 2.46. The zero-order chi connectivity index (χ0) is 13.7. The molecule has 4 heteroatoms. The van der Waals surface area contributed by atoms with Gasteiger partial charge in [-0.3, -0.25) is 0 Å². The Hall–Kier alpha value is -1.81. The van der Waals surface area contributed by atoms with E-state index in [1.54, 1.807) is 4.90 Å². The van der Waals surface area contributed by atoms with Crippen molar-refractivity contribution < 1.29 is 14.6 Å². The van der Waals surface area contributed by atoms with Gasteiger partial charge in [-0.1, -0.05) is 36.4 Å². The summed E-state index contributed by atoms with van der Waals surface area (Å²) in [5.41, 5.74) is 2.10. The van der Waals surface area contributed by atoms with Gasteiger partial charge >= 0.3 is 6.09 Å². The molecule has 104 valence electrons. The van der Waals surface area contributed by atoms with Crippen LogP contribution < -0.4 is 0 Å². The Kier molecular flexibility index (Phi) is 2.60. The van der Waals surface area contributed by atoms with E-state index in [4.69, 9.17) is 4.74 Å². The lowest BCUT2D eigenvalue weighted by atomic mass is 9.88. The number of piperidine rings is 1. The fourth-order valence-electron chi connectivity index (χ4n) is 3.85. The van der Waals surface area contributed by atoms with Crippen molar-refractivity contribution in [2.24, 2.45) is 5.92 Å². The molecular formula is C16H17NO3. The number of hydrogen-bond acceptors (Lipinski definition) is 3. The van der Waals surface area contributed by atoms with E-state index in [0.29, 0.717) is 0 Å². The van der Waals surface area contributed by atoms with E-state index in [-0.39, 0.29) is 24.2 Å². The highest BCUT2D eigenvalue weighted by molar-refractivity contribution is 5.73. The molecule has 1 saturated carbocycles. The van der Waals surface area contributed by atoms with Crippen molar-refractivity contribution in [1.82, 2.24) is 4.90 Å². The van der Waals surface area contributed by atoms with Gasteiger partial charge in [0.15, 0.2) is 6.10 Å². The first-order valence-electron chi connectivity index (χ1n) is 7.17. The molecule has 0 unspecified atom stereocenters. The third kappa shape index (κ3) is 1.61. The summed E-state index contributed by atoms with van der Waals surface area (Å²) in [6.45, 7) is 0.752. The van der Waals surface area contributed by atoms with Gasteiger partial charge in [0.25, 0.3) is 0 Å². The number of amides is 1. The molecule has 0 radical (unpaired) electrons. The fourth-order valence-corrected chi connectivity index (χ4v) is 3.85. The summed E-state index contributed by atoms with van der Waals surface area (Å²) < 4.78 is 5.38. The van der Waals surface area contributed by atoms with Crippen LogP contribution in [0.15, 0.2) is 35.9 Å². The van der Waals surface area contributed by atoms with Gasteiger partial charge in [-0.2, -0.15) is 0 Å². The molecule has 1 aliphatic carbocycles. The Labute approximate surface area is 117 Å². The lowest BCUT2D eigenvalue weighted by Crippen LogP contribution is -2.43. The van der Waals surface area contributed by atoms with Crippen molar-refractivity contribution in [1.29, 1.82) is 0 Å². The second kappa shape index (κ2) is 4.35. The molecule has 20 heavy (non-hydrogen) atoms.